The Kier molecular flexibility index (Phi) is 3.59. The fourth-order valence-corrected chi connectivity index (χ4v) is 1.27. The Hall–Kier alpha value is -1.42. The molecule has 0 aliphatic heterocycles. The van der Waals surface area contributed by atoms with Crippen molar-refractivity contribution in [3.8, 4) is 5.75 Å². The van der Waals surface area contributed by atoms with E-state index in [0.717, 1.165) is 5.56 Å². The van der Waals surface area contributed by atoms with E-state index >= 15 is 0 Å². The summed E-state index contributed by atoms with van der Waals surface area (Å²) >= 11 is 5.91. The minimum absolute atomic E-state index is 0.0666. The first-order chi connectivity index (χ1) is 6.63. The van der Waals surface area contributed by atoms with Gasteiger partial charge in [0.15, 0.2) is 5.96 Å². The standard InChI is InChI=1S/C9H12ClN3O/c1-14-8-3-2-6(4-7(8)10)5-13-9(11)12/h2-4H,5H2,1H3,(H4,11,12,13). The van der Waals surface area contributed by atoms with Crippen LogP contribution in [0.15, 0.2) is 23.2 Å². The van der Waals surface area contributed by atoms with Crippen LogP contribution in [0.5, 0.6) is 5.75 Å². The lowest BCUT2D eigenvalue weighted by Gasteiger charge is -2.04. The van der Waals surface area contributed by atoms with Crippen molar-refractivity contribution >= 4 is 17.6 Å². The van der Waals surface area contributed by atoms with Gasteiger partial charge in [0.2, 0.25) is 0 Å². The number of guanidine groups is 1. The fraction of sp³-hybridized carbons (Fsp3) is 0.222. The molecule has 0 amide bonds. The summed E-state index contributed by atoms with van der Waals surface area (Å²) in [7, 11) is 1.57. The van der Waals surface area contributed by atoms with E-state index in [4.69, 9.17) is 27.8 Å². The molecular formula is C9H12ClN3O. The van der Waals surface area contributed by atoms with Crippen LogP contribution in [-0.4, -0.2) is 13.1 Å². The first-order valence-electron chi connectivity index (χ1n) is 4.01. The lowest BCUT2D eigenvalue weighted by atomic mass is 10.2. The molecular weight excluding hydrogens is 202 g/mol. The normalized spacial score (nSPS) is 9.57. The highest BCUT2D eigenvalue weighted by Crippen LogP contribution is 2.24. The molecule has 5 heteroatoms. The summed E-state index contributed by atoms with van der Waals surface area (Å²) in [6.07, 6.45) is 0. The molecule has 0 saturated carbocycles. The molecule has 14 heavy (non-hydrogen) atoms. The second-order valence-corrected chi connectivity index (χ2v) is 3.12. The van der Waals surface area contributed by atoms with Crippen LogP contribution in [0.25, 0.3) is 0 Å². The quantitative estimate of drug-likeness (QED) is 0.584. The zero-order valence-corrected chi connectivity index (χ0v) is 8.58. The molecule has 0 aliphatic carbocycles. The van der Waals surface area contributed by atoms with Crippen molar-refractivity contribution in [3.63, 3.8) is 0 Å². The van der Waals surface area contributed by atoms with Crippen molar-refractivity contribution in [2.24, 2.45) is 16.5 Å². The number of nitrogens with two attached hydrogens (primary N) is 2. The minimum Gasteiger partial charge on any atom is -0.495 e. The van der Waals surface area contributed by atoms with Crippen LogP contribution in [-0.2, 0) is 6.54 Å². The summed E-state index contributed by atoms with van der Waals surface area (Å²) in [5, 5.41) is 0.552. The molecule has 0 heterocycles. The highest BCUT2D eigenvalue weighted by atomic mass is 35.5. The second-order valence-electron chi connectivity index (χ2n) is 2.71. The molecule has 0 fully saturated rings. The van der Waals surface area contributed by atoms with E-state index in [1.807, 2.05) is 6.07 Å². The molecule has 1 aromatic rings. The van der Waals surface area contributed by atoms with Crippen LogP contribution in [0.4, 0.5) is 0 Å². The molecule has 0 aromatic heterocycles. The summed E-state index contributed by atoms with van der Waals surface area (Å²) in [6.45, 7) is 0.423. The van der Waals surface area contributed by atoms with Crippen LogP contribution in [0.2, 0.25) is 5.02 Å². The molecule has 0 aliphatic rings. The first kappa shape index (κ1) is 10.7. The van der Waals surface area contributed by atoms with E-state index in [-0.39, 0.29) is 5.96 Å². The Morgan fingerprint density at radius 3 is 2.71 bits per heavy atom. The zero-order valence-electron chi connectivity index (χ0n) is 7.83. The van der Waals surface area contributed by atoms with Gasteiger partial charge in [0.25, 0.3) is 0 Å². The Morgan fingerprint density at radius 2 is 2.21 bits per heavy atom. The third kappa shape index (κ3) is 2.81. The van der Waals surface area contributed by atoms with Gasteiger partial charge in [-0.05, 0) is 17.7 Å². The second kappa shape index (κ2) is 4.72. The van der Waals surface area contributed by atoms with Crippen LogP contribution >= 0.6 is 11.6 Å². The summed E-state index contributed by atoms with van der Waals surface area (Å²) in [4.78, 5) is 3.86. The molecule has 4 N–H and O–H groups in total. The van der Waals surface area contributed by atoms with Gasteiger partial charge in [-0.1, -0.05) is 17.7 Å². The maximum atomic E-state index is 5.91. The first-order valence-corrected chi connectivity index (χ1v) is 4.39. The van der Waals surface area contributed by atoms with Crippen LogP contribution < -0.4 is 16.2 Å². The molecule has 1 aromatic carbocycles. The van der Waals surface area contributed by atoms with Crippen molar-refractivity contribution in [2.75, 3.05) is 7.11 Å². The van der Waals surface area contributed by atoms with Gasteiger partial charge < -0.3 is 16.2 Å². The van der Waals surface area contributed by atoms with Crippen LogP contribution in [0.1, 0.15) is 5.56 Å². The number of aliphatic imine (C=N–C) groups is 1. The molecule has 4 nitrogen and oxygen atoms in total. The molecule has 1 rings (SSSR count). The third-order valence-corrected chi connectivity index (χ3v) is 1.96. The van der Waals surface area contributed by atoms with E-state index in [0.29, 0.717) is 17.3 Å². The van der Waals surface area contributed by atoms with E-state index in [2.05, 4.69) is 4.99 Å². The fourth-order valence-electron chi connectivity index (χ4n) is 0.991. The van der Waals surface area contributed by atoms with Gasteiger partial charge in [-0.3, -0.25) is 0 Å². The van der Waals surface area contributed by atoms with Crippen molar-refractivity contribution in [2.45, 2.75) is 6.54 Å². The number of hydrogen-bond acceptors (Lipinski definition) is 2. The van der Waals surface area contributed by atoms with Gasteiger partial charge in [0.1, 0.15) is 5.75 Å². The van der Waals surface area contributed by atoms with Gasteiger partial charge in [-0.2, -0.15) is 0 Å². The van der Waals surface area contributed by atoms with E-state index in [1.165, 1.54) is 0 Å². The molecule has 0 spiro atoms. The Labute approximate surface area is 87.5 Å². The number of ether oxygens (including phenoxy) is 1. The van der Waals surface area contributed by atoms with Gasteiger partial charge in [-0.25, -0.2) is 4.99 Å². The largest absolute Gasteiger partial charge is 0.495 e. The highest BCUT2D eigenvalue weighted by Gasteiger charge is 2.00. The smallest absolute Gasteiger partial charge is 0.186 e. The summed E-state index contributed by atoms with van der Waals surface area (Å²) in [5.41, 5.74) is 11.3. The predicted octanol–water partition coefficient (Wildman–Crippen LogP) is 1.12. The maximum Gasteiger partial charge on any atom is 0.186 e. The molecule has 0 radical (unpaired) electrons. The molecule has 0 unspecified atom stereocenters. The zero-order chi connectivity index (χ0) is 10.6. The van der Waals surface area contributed by atoms with Gasteiger partial charge in [0, 0.05) is 0 Å². The number of benzene rings is 1. The summed E-state index contributed by atoms with van der Waals surface area (Å²) in [5.74, 6) is 0.706. The van der Waals surface area contributed by atoms with Gasteiger partial charge in [-0.15, -0.1) is 0 Å². The van der Waals surface area contributed by atoms with Crippen molar-refractivity contribution in [3.05, 3.63) is 28.8 Å². The number of nitrogens with zero attached hydrogens (tertiary/aromatic N) is 1. The molecule has 0 saturated heterocycles. The third-order valence-electron chi connectivity index (χ3n) is 1.66. The number of methoxy groups -OCH3 is 1. The highest BCUT2D eigenvalue weighted by molar-refractivity contribution is 6.32. The Morgan fingerprint density at radius 1 is 1.50 bits per heavy atom. The average Bonchev–Trinajstić information content (AvgIpc) is 2.15. The van der Waals surface area contributed by atoms with Crippen molar-refractivity contribution < 1.29 is 4.74 Å². The van der Waals surface area contributed by atoms with Crippen LogP contribution in [0, 0.1) is 0 Å². The topological polar surface area (TPSA) is 73.6 Å². The molecule has 0 atom stereocenters. The lowest BCUT2D eigenvalue weighted by Crippen LogP contribution is -2.22. The van der Waals surface area contributed by atoms with Gasteiger partial charge >= 0.3 is 0 Å². The molecule has 0 bridgehead atoms. The summed E-state index contributed by atoms with van der Waals surface area (Å²) in [6, 6.07) is 5.41. The Balaban J connectivity index is 2.81. The monoisotopic (exact) mass is 213 g/mol. The van der Waals surface area contributed by atoms with Crippen LogP contribution in [0.3, 0.4) is 0 Å². The minimum atomic E-state index is 0.0666. The Bertz CT molecular complexity index is 348. The van der Waals surface area contributed by atoms with E-state index < -0.39 is 0 Å². The number of rotatable bonds is 3. The van der Waals surface area contributed by atoms with Crippen molar-refractivity contribution in [1.82, 2.24) is 0 Å². The SMILES string of the molecule is COc1ccc(CN=C(N)N)cc1Cl. The summed E-state index contributed by atoms with van der Waals surface area (Å²) < 4.78 is 5.01. The average molecular weight is 214 g/mol. The van der Waals surface area contributed by atoms with E-state index in [1.54, 1.807) is 19.2 Å². The predicted molar refractivity (Wildman–Crippen MR) is 57.5 cm³/mol. The lowest BCUT2D eigenvalue weighted by molar-refractivity contribution is 0.415. The number of halogens is 1. The maximum absolute atomic E-state index is 5.91. The molecule has 76 valence electrons. The van der Waals surface area contributed by atoms with Crippen molar-refractivity contribution in [1.29, 1.82) is 0 Å². The number of hydrogen-bond donors (Lipinski definition) is 2. The van der Waals surface area contributed by atoms with Gasteiger partial charge in [0.05, 0.1) is 18.7 Å². The van der Waals surface area contributed by atoms with E-state index in [9.17, 15) is 0 Å².